The lowest BCUT2D eigenvalue weighted by Crippen LogP contribution is -2.26. The highest BCUT2D eigenvalue weighted by Crippen LogP contribution is 2.39. The average Bonchev–Trinajstić information content (AvgIpc) is 2.60. The summed E-state index contributed by atoms with van der Waals surface area (Å²) < 4.78 is 0. The average molecular weight is 345 g/mol. The van der Waals surface area contributed by atoms with Crippen molar-refractivity contribution in [1.82, 2.24) is 9.97 Å². The van der Waals surface area contributed by atoms with Crippen LogP contribution in [0.1, 0.15) is 52.8 Å². The van der Waals surface area contributed by atoms with Crippen LogP contribution >= 0.6 is 0 Å². The Labute approximate surface area is 157 Å². The van der Waals surface area contributed by atoms with Gasteiger partial charge in [0.25, 0.3) is 0 Å². The van der Waals surface area contributed by atoms with Crippen molar-refractivity contribution in [2.75, 3.05) is 0 Å². The van der Waals surface area contributed by atoms with Crippen LogP contribution in [-0.4, -0.2) is 9.97 Å². The van der Waals surface area contributed by atoms with Gasteiger partial charge >= 0.3 is 0 Å². The molecule has 2 heteroatoms. The number of aromatic nitrogens is 2. The quantitative estimate of drug-likeness (QED) is 0.537. The van der Waals surface area contributed by atoms with Gasteiger partial charge in [-0.05, 0) is 5.41 Å². The first-order valence-corrected chi connectivity index (χ1v) is 9.22. The zero-order valence-corrected chi connectivity index (χ0v) is 16.7. The van der Waals surface area contributed by atoms with Gasteiger partial charge in [-0.2, -0.15) is 0 Å². The Hall–Kier alpha value is -2.48. The lowest BCUT2D eigenvalue weighted by Gasteiger charge is -2.31. The molecule has 0 aliphatic rings. The molecule has 0 unspecified atom stereocenters. The smallest absolute Gasteiger partial charge is 0.160 e. The van der Waals surface area contributed by atoms with Gasteiger partial charge in [0, 0.05) is 22.1 Å². The molecule has 0 aliphatic carbocycles. The zero-order valence-electron chi connectivity index (χ0n) is 16.7. The van der Waals surface area contributed by atoms with E-state index in [0.29, 0.717) is 0 Å². The van der Waals surface area contributed by atoms with Crippen molar-refractivity contribution in [1.29, 1.82) is 0 Å². The van der Waals surface area contributed by atoms with Crippen LogP contribution in [0.25, 0.3) is 22.6 Å². The molecule has 1 heterocycles. The second-order valence-electron chi connectivity index (χ2n) is 8.85. The standard InChI is InChI=1S/C24H28N2/c1-23(2,3)19-20(17-13-9-7-10-14-17)25-22(18-15-11-8-12-16-18)26-21(19)24(4,5)6/h7-16H,1-6H3. The van der Waals surface area contributed by atoms with E-state index in [1.165, 1.54) is 5.56 Å². The maximum atomic E-state index is 5.06. The predicted octanol–water partition coefficient (Wildman–Crippen LogP) is 6.41. The van der Waals surface area contributed by atoms with E-state index in [0.717, 1.165) is 28.3 Å². The molecule has 0 radical (unpaired) electrons. The molecule has 0 amide bonds. The van der Waals surface area contributed by atoms with Gasteiger partial charge < -0.3 is 0 Å². The third-order valence-corrected chi connectivity index (χ3v) is 4.45. The van der Waals surface area contributed by atoms with Crippen LogP contribution in [0.3, 0.4) is 0 Å². The molecular weight excluding hydrogens is 316 g/mol. The lowest BCUT2D eigenvalue weighted by molar-refractivity contribution is 0.513. The molecule has 0 saturated heterocycles. The zero-order chi connectivity index (χ0) is 18.9. The molecule has 0 atom stereocenters. The van der Waals surface area contributed by atoms with Gasteiger partial charge in [-0.15, -0.1) is 0 Å². The molecule has 3 aromatic rings. The van der Waals surface area contributed by atoms with Crippen LogP contribution < -0.4 is 0 Å². The highest BCUT2D eigenvalue weighted by molar-refractivity contribution is 5.69. The summed E-state index contributed by atoms with van der Waals surface area (Å²) in [6.07, 6.45) is 0. The molecule has 0 aliphatic heterocycles. The van der Waals surface area contributed by atoms with Crippen molar-refractivity contribution in [3.8, 4) is 22.6 Å². The van der Waals surface area contributed by atoms with E-state index in [1.54, 1.807) is 0 Å². The molecule has 2 aromatic carbocycles. The highest BCUT2D eigenvalue weighted by atomic mass is 14.9. The first-order valence-electron chi connectivity index (χ1n) is 9.22. The van der Waals surface area contributed by atoms with Crippen molar-refractivity contribution < 1.29 is 0 Å². The van der Waals surface area contributed by atoms with Gasteiger partial charge in [-0.1, -0.05) is 102 Å². The second kappa shape index (κ2) is 6.68. The van der Waals surface area contributed by atoms with E-state index >= 15 is 0 Å². The summed E-state index contributed by atoms with van der Waals surface area (Å²) in [7, 11) is 0. The lowest BCUT2D eigenvalue weighted by atomic mass is 9.76. The Morgan fingerprint density at radius 3 is 1.54 bits per heavy atom. The Bertz CT molecular complexity index is 883. The first kappa shape index (κ1) is 18.3. The van der Waals surface area contributed by atoms with Gasteiger partial charge in [0.2, 0.25) is 0 Å². The summed E-state index contributed by atoms with van der Waals surface area (Å²) >= 11 is 0. The van der Waals surface area contributed by atoms with Crippen LogP contribution in [0.5, 0.6) is 0 Å². The Morgan fingerprint density at radius 1 is 0.577 bits per heavy atom. The van der Waals surface area contributed by atoms with Gasteiger partial charge in [0.15, 0.2) is 5.82 Å². The van der Waals surface area contributed by atoms with Crippen LogP contribution in [0.15, 0.2) is 60.7 Å². The molecule has 1 aromatic heterocycles. The number of hydrogen-bond donors (Lipinski definition) is 0. The molecule has 3 rings (SSSR count). The number of benzene rings is 2. The Balaban J connectivity index is 2.40. The van der Waals surface area contributed by atoms with E-state index in [9.17, 15) is 0 Å². The van der Waals surface area contributed by atoms with Crippen molar-refractivity contribution in [3.63, 3.8) is 0 Å². The van der Waals surface area contributed by atoms with E-state index in [-0.39, 0.29) is 10.8 Å². The largest absolute Gasteiger partial charge is 0.232 e. The fourth-order valence-corrected chi connectivity index (χ4v) is 3.24. The summed E-state index contributed by atoms with van der Waals surface area (Å²) in [5, 5.41) is 0. The minimum atomic E-state index is -0.0708. The topological polar surface area (TPSA) is 25.8 Å². The van der Waals surface area contributed by atoms with Gasteiger partial charge in [0.05, 0.1) is 11.4 Å². The molecule has 2 nitrogen and oxygen atoms in total. The molecule has 0 N–H and O–H groups in total. The third kappa shape index (κ3) is 3.70. The molecule has 0 spiro atoms. The number of hydrogen-bond acceptors (Lipinski definition) is 2. The minimum absolute atomic E-state index is 0.0526. The Morgan fingerprint density at radius 2 is 1.08 bits per heavy atom. The molecule has 134 valence electrons. The van der Waals surface area contributed by atoms with Crippen LogP contribution in [-0.2, 0) is 10.8 Å². The molecular formula is C24H28N2. The summed E-state index contributed by atoms with van der Waals surface area (Å²) in [4.78, 5) is 10.1. The summed E-state index contributed by atoms with van der Waals surface area (Å²) in [6, 6.07) is 20.7. The minimum Gasteiger partial charge on any atom is -0.232 e. The second-order valence-corrected chi connectivity index (χ2v) is 8.85. The van der Waals surface area contributed by atoms with Gasteiger partial charge in [-0.3, -0.25) is 0 Å². The number of rotatable bonds is 2. The van der Waals surface area contributed by atoms with Crippen molar-refractivity contribution in [2.45, 2.75) is 52.4 Å². The normalized spacial score (nSPS) is 12.2. The monoisotopic (exact) mass is 344 g/mol. The molecule has 0 fully saturated rings. The van der Waals surface area contributed by atoms with Crippen LogP contribution in [0, 0.1) is 0 Å². The molecule has 0 bridgehead atoms. The molecule has 0 saturated carbocycles. The Kier molecular flexibility index (Phi) is 4.70. The van der Waals surface area contributed by atoms with Gasteiger partial charge in [0.1, 0.15) is 0 Å². The van der Waals surface area contributed by atoms with Crippen molar-refractivity contribution in [2.24, 2.45) is 0 Å². The van der Waals surface area contributed by atoms with Crippen molar-refractivity contribution >= 4 is 0 Å². The SMILES string of the molecule is CC(C)(C)c1nc(-c2ccccc2)nc(-c2ccccc2)c1C(C)(C)C. The fourth-order valence-electron chi connectivity index (χ4n) is 3.24. The fraction of sp³-hybridized carbons (Fsp3) is 0.333. The first-order chi connectivity index (χ1) is 12.2. The third-order valence-electron chi connectivity index (χ3n) is 4.45. The predicted molar refractivity (Wildman–Crippen MR) is 110 cm³/mol. The maximum absolute atomic E-state index is 5.06. The summed E-state index contributed by atoms with van der Waals surface area (Å²) in [6.45, 7) is 13.4. The van der Waals surface area contributed by atoms with Gasteiger partial charge in [-0.25, -0.2) is 9.97 Å². The van der Waals surface area contributed by atoms with E-state index in [4.69, 9.17) is 9.97 Å². The van der Waals surface area contributed by atoms with Crippen molar-refractivity contribution in [3.05, 3.63) is 71.9 Å². The van der Waals surface area contributed by atoms with Crippen LogP contribution in [0.4, 0.5) is 0 Å². The van der Waals surface area contributed by atoms with E-state index in [2.05, 4.69) is 77.9 Å². The summed E-state index contributed by atoms with van der Waals surface area (Å²) in [5.41, 5.74) is 5.46. The van der Waals surface area contributed by atoms with E-state index in [1.807, 2.05) is 24.3 Å². The maximum Gasteiger partial charge on any atom is 0.160 e. The highest BCUT2D eigenvalue weighted by Gasteiger charge is 2.31. The molecule has 26 heavy (non-hydrogen) atoms. The number of nitrogens with zero attached hydrogens (tertiary/aromatic N) is 2. The summed E-state index contributed by atoms with van der Waals surface area (Å²) in [5.74, 6) is 0.794. The van der Waals surface area contributed by atoms with Crippen LogP contribution in [0.2, 0.25) is 0 Å². The van der Waals surface area contributed by atoms with E-state index < -0.39 is 0 Å².